The van der Waals surface area contributed by atoms with Crippen molar-refractivity contribution in [2.24, 2.45) is 0 Å². The Morgan fingerprint density at radius 3 is 2.95 bits per heavy atom. The Bertz CT molecular complexity index is 812. The molecule has 92 valence electrons. The summed E-state index contributed by atoms with van der Waals surface area (Å²) < 4.78 is 1.04. The molecule has 2 aromatic heterocycles. The van der Waals surface area contributed by atoms with Gasteiger partial charge in [-0.15, -0.1) is 0 Å². The molecule has 0 aliphatic rings. The second kappa shape index (κ2) is 4.51. The van der Waals surface area contributed by atoms with Gasteiger partial charge in [-0.05, 0) is 12.1 Å². The number of thiazole rings is 1. The minimum absolute atomic E-state index is 0.0187. The van der Waals surface area contributed by atoms with Crippen molar-refractivity contribution < 1.29 is 0 Å². The standard InChI is InChI=1S/C12H7N5OS/c13-5-7-6-14-11(16-10(7)18)17-12-15-8-3-1-2-4-9(8)19-12/h1-4,6H,(H2,14,15,16,17,18). The second-order valence-electron chi connectivity index (χ2n) is 3.70. The molecule has 0 saturated heterocycles. The van der Waals surface area contributed by atoms with Crippen LogP contribution < -0.4 is 10.9 Å². The molecule has 0 unspecified atom stereocenters. The summed E-state index contributed by atoms with van der Waals surface area (Å²) in [6, 6.07) is 9.48. The monoisotopic (exact) mass is 269 g/mol. The number of hydrogen-bond acceptors (Lipinski definition) is 6. The molecule has 0 radical (unpaired) electrons. The minimum Gasteiger partial charge on any atom is -0.302 e. The highest BCUT2D eigenvalue weighted by molar-refractivity contribution is 7.22. The Hall–Kier alpha value is -2.72. The molecule has 3 rings (SSSR count). The summed E-state index contributed by atoms with van der Waals surface area (Å²) in [7, 11) is 0. The van der Waals surface area contributed by atoms with Crippen LogP contribution in [0, 0.1) is 11.3 Å². The van der Waals surface area contributed by atoms with Crippen molar-refractivity contribution in [3.05, 3.63) is 46.4 Å². The zero-order valence-electron chi connectivity index (χ0n) is 9.54. The van der Waals surface area contributed by atoms with Crippen molar-refractivity contribution >= 4 is 32.6 Å². The van der Waals surface area contributed by atoms with Gasteiger partial charge in [-0.1, -0.05) is 23.5 Å². The normalized spacial score (nSPS) is 10.3. The van der Waals surface area contributed by atoms with Crippen LogP contribution in [0.15, 0.2) is 35.3 Å². The molecule has 7 heteroatoms. The SMILES string of the molecule is N#Cc1cnc(Nc2nc3ccccc3s2)[nH]c1=O. The molecule has 0 aliphatic heterocycles. The number of fused-ring (bicyclic) bond motifs is 1. The van der Waals surface area contributed by atoms with Crippen LogP contribution in [0.5, 0.6) is 0 Å². The lowest BCUT2D eigenvalue weighted by atomic mass is 10.3. The van der Waals surface area contributed by atoms with E-state index in [-0.39, 0.29) is 11.5 Å². The number of rotatable bonds is 2. The molecule has 2 heterocycles. The van der Waals surface area contributed by atoms with Gasteiger partial charge in [-0.25, -0.2) is 9.97 Å². The van der Waals surface area contributed by atoms with Crippen LogP contribution in [0.2, 0.25) is 0 Å². The maximum atomic E-state index is 11.5. The third-order valence-electron chi connectivity index (χ3n) is 2.44. The molecular weight excluding hydrogens is 262 g/mol. The maximum Gasteiger partial charge on any atom is 0.270 e. The predicted octanol–water partition coefficient (Wildman–Crippen LogP) is 1.99. The highest BCUT2D eigenvalue weighted by atomic mass is 32.1. The highest BCUT2D eigenvalue weighted by Gasteiger charge is 2.06. The van der Waals surface area contributed by atoms with E-state index in [0.717, 1.165) is 10.2 Å². The van der Waals surface area contributed by atoms with E-state index in [9.17, 15) is 4.79 Å². The predicted molar refractivity (Wildman–Crippen MR) is 72.5 cm³/mol. The van der Waals surface area contributed by atoms with Crippen LogP contribution in [-0.2, 0) is 0 Å². The van der Waals surface area contributed by atoms with Gasteiger partial charge in [-0.2, -0.15) is 5.26 Å². The van der Waals surface area contributed by atoms with Gasteiger partial charge in [0.05, 0.1) is 16.4 Å². The van der Waals surface area contributed by atoms with Crippen LogP contribution in [-0.4, -0.2) is 15.0 Å². The van der Waals surface area contributed by atoms with Crippen molar-refractivity contribution in [1.29, 1.82) is 5.26 Å². The van der Waals surface area contributed by atoms with E-state index in [1.54, 1.807) is 6.07 Å². The topological polar surface area (TPSA) is 94.5 Å². The maximum absolute atomic E-state index is 11.5. The van der Waals surface area contributed by atoms with E-state index in [1.807, 2.05) is 24.3 Å². The largest absolute Gasteiger partial charge is 0.302 e. The summed E-state index contributed by atoms with van der Waals surface area (Å²) in [4.78, 5) is 22.3. The zero-order valence-corrected chi connectivity index (χ0v) is 10.4. The molecule has 1 aromatic carbocycles. The van der Waals surface area contributed by atoms with Gasteiger partial charge in [0, 0.05) is 0 Å². The molecule has 0 saturated carbocycles. The first-order chi connectivity index (χ1) is 9.26. The number of nitrogens with one attached hydrogen (secondary N) is 2. The van der Waals surface area contributed by atoms with Gasteiger partial charge in [0.1, 0.15) is 11.6 Å². The Kier molecular flexibility index (Phi) is 2.70. The van der Waals surface area contributed by atoms with Crippen molar-refractivity contribution in [3.8, 4) is 6.07 Å². The quantitative estimate of drug-likeness (QED) is 0.742. The Balaban J connectivity index is 1.95. The molecule has 0 fully saturated rings. The van der Waals surface area contributed by atoms with Crippen LogP contribution in [0.25, 0.3) is 10.2 Å². The fourth-order valence-corrected chi connectivity index (χ4v) is 2.43. The van der Waals surface area contributed by atoms with Gasteiger partial charge in [0.15, 0.2) is 5.13 Å². The van der Waals surface area contributed by atoms with Gasteiger partial charge in [0.25, 0.3) is 5.56 Å². The number of aromatic nitrogens is 3. The molecule has 6 nitrogen and oxygen atoms in total. The summed E-state index contributed by atoms with van der Waals surface area (Å²) in [5.41, 5.74) is 0.391. The molecule has 0 spiro atoms. The molecular formula is C12H7N5OS. The Morgan fingerprint density at radius 2 is 2.21 bits per heavy atom. The van der Waals surface area contributed by atoms with Gasteiger partial charge in [0.2, 0.25) is 5.95 Å². The zero-order chi connectivity index (χ0) is 13.2. The molecule has 2 N–H and O–H groups in total. The molecule has 19 heavy (non-hydrogen) atoms. The van der Waals surface area contributed by atoms with E-state index in [4.69, 9.17) is 5.26 Å². The number of para-hydroxylation sites is 1. The third kappa shape index (κ3) is 2.17. The number of nitrogens with zero attached hydrogens (tertiary/aromatic N) is 3. The average Bonchev–Trinajstić information content (AvgIpc) is 2.81. The lowest BCUT2D eigenvalue weighted by molar-refractivity contribution is 1.10. The van der Waals surface area contributed by atoms with E-state index < -0.39 is 5.56 Å². The second-order valence-corrected chi connectivity index (χ2v) is 4.73. The summed E-state index contributed by atoms with van der Waals surface area (Å²) >= 11 is 1.46. The van der Waals surface area contributed by atoms with E-state index >= 15 is 0 Å². The number of anilines is 2. The van der Waals surface area contributed by atoms with Crippen molar-refractivity contribution in [2.45, 2.75) is 0 Å². The number of benzene rings is 1. The average molecular weight is 269 g/mol. The fraction of sp³-hybridized carbons (Fsp3) is 0. The van der Waals surface area contributed by atoms with Crippen molar-refractivity contribution in [2.75, 3.05) is 5.32 Å². The Labute approximate surface area is 111 Å². The number of nitriles is 1. The summed E-state index contributed by atoms with van der Waals surface area (Å²) in [6.45, 7) is 0. The third-order valence-corrected chi connectivity index (χ3v) is 3.39. The Morgan fingerprint density at radius 1 is 1.37 bits per heavy atom. The number of H-pyrrole nitrogens is 1. The highest BCUT2D eigenvalue weighted by Crippen LogP contribution is 2.26. The summed E-state index contributed by atoms with van der Waals surface area (Å²) in [5.74, 6) is 0.267. The minimum atomic E-state index is -0.471. The fourth-order valence-electron chi connectivity index (χ4n) is 1.57. The number of aromatic amines is 1. The molecule has 3 aromatic rings. The number of hydrogen-bond donors (Lipinski definition) is 2. The summed E-state index contributed by atoms with van der Waals surface area (Å²) in [5, 5.41) is 12.2. The van der Waals surface area contributed by atoms with Crippen LogP contribution in [0.4, 0.5) is 11.1 Å². The molecule has 0 bridgehead atoms. The molecule has 0 aliphatic carbocycles. The van der Waals surface area contributed by atoms with Crippen molar-refractivity contribution in [3.63, 3.8) is 0 Å². The van der Waals surface area contributed by atoms with E-state index in [2.05, 4.69) is 20.3 Å². The van der Waals surface area contributed by atoms with Crippen molar-refractivity contribution in [1.82, 2.24) is 15.0 Å². The smallest absolute Gasteiger partial charge is 0.270 e. The van der Waals surface area contributed by atoms with E-state index in [1.165, 1.54) is 17.5 Å². The van der Waals surface area contributed by atoms with Crippen LogP contribution in [0.3, 0.4) is 0 Å². The molecule has 0 atom stereocenters. The van der Waals surface area contributed by atoms with Gasteiger partial charge in [-0.3, -0.25) is 9.78 Å². The lowest BCUT2D eigenvalue weighted by Gasteiger charge is -1.99. The molecule has 0 amide bonds. The first-order valence-corrected chi connectivity index (χ1v) is 6.20. The summed E-state index contributed by atoms with van der Waals surface area (Å²) in [6.07, 6.45) is 1.23. The van der Waals surface area contributed by atoms with E-state index in [0.29, 0.717) is 5.13 Å². The lowest BCUT2D eigenvalue weighted by Crippen LogP contribution is -2.13. The van der Waals surface area contributed by atoms with Crippen LogP contribution in [0.1, 0.15) is 5.56 Å². The van der Waals surface area contributed by atoms with Crippen LogP contribution >= 0.6 is 11.3 Å². The first kappa shape index (κ1) is 11.4. The first-order valence-electron chi connectivity index (χ1n) is 5.38. The van der Waals surface area contributed by atoms with Gasteiger partial charge < -0.3 is 5.32 Å². The van der Waals surface area contributed by atoms with Gasteiger partial charge >= 0.3 is 0 Å².